The van der Waals surface area contributed by atoms with Crippen molar-refractivity contribution in [2.45, 2.75) is 12.5 Å². The predicted octanol–water partition coefficient (Wildman–Crippen LogP) is -1.08. The van der Waals surface area contributed by atoms with Crippen LogP contribution in [0.25, 0.3) is 0 Å². The van der Waals surface area contributed by atoms with Crippen molar-refractivity contribution >= 4 is 22.7 Å². The molecule has 1 atom stereocenters. The first-order chi connectivity index (χ1) is 4.45. The van der Waals surface area contributed by atoms with E-state index >= 15 is 0 Å². The summed E-state index contributed by atoms with van der Waals surface area (Å²) in [7, 11) is -3.34. The van der Waals surface area contributed by atoms with Gasteiger partial charge in [-0.05, 0) is 6.42 Å². The van der Waals surface area contributed by atoms with Crippen LogP contribution in [0.1, 0.15) is 6.42 Å². The van der Waals surface area contributed by atoms with Crippen molar-refractivity contribution in [3.05, 3.63) is 0 Å². The van der Waals surface area contributed by atoms with Crippen LogP contribution in [-0.2, 0) is 10.0 Å². The number of sulfonamides is 1. The summed E-state index contributed by atoms with van der Waals surface area (Å²) in [4.78, 5) is 0. The highest BCUT2D eigenvalue weighted by Crippen LogP contribution is 1.92. The van der Waals surface area contributed by atoms with E-state index in [1.54, 1.807) is 0 Å². The van der Waals surface area contributed by atoms with Crippen molar-refractivity contribution in [2.75, 3.05) is 11.5 Å². The molecule has 0 heterocycles. The van der Waals surface area contributed by atoms with Gasteiger partial charge in [-0.1, -0.05) is 0 Å². The first-order valence-electron chi connectivity index (χ1n) is 2.82. The monoisotopic (exact) mass is 184 g/mol. The molecule has 0 aromatic rings. The maximum atomic E-state index is 10.3. The highest BCUT2D eigenvalue weighted by molar-refractivity contribution is 7.89. The molecule has 6 heteroatoms. The SMILES string of the molecule is NC(CS)CCS(N)(=O)=O. The fourth-order valence-electron chi connectivity index (χ4n) is 0.407. The molecule has 0 amide bonds. The summed E-state index contributed by atoms with van der Waals surface area (Å²) >= 11 is 3.88. The van der Waals surface area contributed by atoms with E-state index in [1.807, 2.05) is 0 Å². The van der Waals surface area contributed by atoms with Crippen LogP contribution in [-0.4, -0.2) is 26.0 Å². The smallest absolute Gasteiger partial charge is 0.209 e. The van der Waals surface area contributed by atoms with Crippen LogP contribution in [0.4, 0.5) is 0 Å². The van der Waals surface area contributed by atoms with Gasteiger partial charge in [-0.3, -0.25) is 0 Å². The van der Waals surface area contributed by atoms with Crippen LogP contribution < -0.4 is 10.9 Å². The standard InChI is InChI=1S/C4H12N2O2S2/c5-4(3-9)1-2-10(6,7)8/h4,9H,1-3,5H2,(H2,6,7,8). The molecule has 0 bridgehead atoms. The Morgan fingerprint density at radius 2 is 2.00 bits per heavy atom. The summed E-state index contributed by atoms with van der Waals surface area (Å²) in [5, 5.41) is 4.73. The number of nitrogens with two attached hydrogens (primary N) is 2. The lowest BCUT2D eigenvalue weighted by Crippen LogP contribution is -2.27. The molecule has 1 unspecified atom stereocenters. The van der Waals surface area contributed by atoms with Crippen LogP contribution in [0.5, 0.6) is 0 Å². The quantitative estimate of drug-likeness (QED) is 0.486. The van der Waals surface area contributed by atoms with E-state index < -0.39 is 10.0 Å². The van der Waals surface area contributed by atoms with Gasteiger partial charge in [-0.2, -0.15) is 12.6 Å². The lowest BCUT2D eigenvalue weighted by molar-refractivity contribution is 0.590. The zero-order chi connectivity index (χ0) is 8.20. The van der Waals surface area contributed by atoms with Gasteiger partial charge in [0.05, 0.1) is 5.75 Å². The van der Waals surface area contributed by atoms with E-state index in [9.17, 15) is 8.42 Å². The van der Waals surface area contributed by atoms with E-state index in [1.165, 1.54) is 0 Å². The molecule has 0 saturated heterocycles. The molecule has 0 saturated carbocycles. The maximum Gasteiger partial charge on any atom is 0.209 e. The molecule has 4 nitrogen and oxygen atoms in total. The number of primary sulfonamides is 1. The second-order valence-electron chi connectivity index (χ2n) is 2.10. The Morgan fingerprint density at radius 1 is 1.50 bits per heavy atom. The molecule has 0 spiro atoms. The normalized spacial score (nSPS) is 15.1. The van der Waals surface area contributed by atoms with Gasteiger partial charge >= 0.3 is 0 Å². The molecule has 0 aliphatic carbocycles. The summed E-state index contributed by atoms with van der Waals surface area (Å²) < 4.78 is 20.7. The van der Waals surface area contributed by atoms with Crippen molar-refractivity contribution in [1.82, 2.24) is 0 Å². The fourth-order valence-corrected chi connectivity index (χ4v) is 1.22. The molecule has 10 heavy (non-hydrogen) atoms. The Hall–Kier alpha value is 0.220. The van der Waals surface area contributed by atoms with Gasteiger partial charge in [-0.15, -0.1) is 0 Å². The molecule has 0 aliphatic rings. The van der Waals surface area contributed by atoms with Crippen LogP contribution in [0.15, 0.2) is 0 Å². The average Bonchev–Trinajstić information content (AvgIpc) is 1.81. The highest BCUT2D eigenvalue weighted by Gasteiger charge is 2.05. The minimum atomic E-state index is -3.34. The Labute approximate surface area is 66.4 Å². The Kier molecular flexibility index (Phi) is 4.26. The third kappa shape index (κ3) is 6.34. The molecule has 0 aliphatic heterocycles. The summed E-state index contributed by atoms with van der Waals surface area (Å²) in [6.45, 7) is 0. The maximum absolute atomic E-state index is 10.3. The molecular formula is C4H12N2O2S2. The van der Waals surface area contributed by atoms with E-state index in [0.717, 1.165) is 0 Å². The molecule has 4 N–H and O–H groups in total. The first-order valence-corrected chi connectivity index (χ1v) is 5.17. The van der Waals surface area contributed by atoms with E-state index in [4.69, 9.17) is 10.9 Å². The van der Waals surface area contributed by atoms with E-state index in [2.05, 4.69) is 12.6 Å². The molecule has 0 fully saturated rings. The molecule has 0 radical (unpaired) electrons. The molecule has 62 valence electrons. The van der Waals surface area contributed by atoms with Gasteiger partial charge in [0.1, 0.15) is 0 Å². The topological polar surface area (TPSA) is 86.2 Å². The Morgan fingerprint density at radius 3 is 2.30 bits per heavy atom. The van der Waals surface area contributed by atoms with Crippen LogP contribution in [0.2, 0.25) is 0 Å². The van der Waals surface area contributed by atoms with Crippen LogP contribution in [0, 0.1) is 0 Å². The number of hydrogen-bond acceptors (Lipinski definition) is 4. The minimum Gasteiger partial charge on any atom is -0.327 e. The van der Waals surface area contributed by atoms with Gasteiger partial charge < -0.3 is 5.73 Å². The van der Waals surface area contributed by atoms with Crippen molar-refractivity contribution in [1.29, 1.82) is 0 Å². The predicted molar refractivity (Wildman–Crippen MR) is 44.4 cm³/mol. The van der Waals surface area contributed by atoms with Crippen molar-refractivity contribution < 1.29 is 8.42 Å². The summed E-state index contributed by atoms with van der Waals surface area (Å²) in [6.07, 6.45) is 0.377. The number of rotatable bonds is 4. The zero-order valence-electron chi connectivity index (χ0n) is 5.53. The van der Waals surface area contributed by atoms with Gasteiger partial charge in [0.15, 0.2) is 0 Å². The average molecular weight is 184 g/mol. The second kappa shape index (κ2) is 4.17. The first kappa shape index (κ1) is 10.2. The number of thiol groups is 1. The highest BCUT2D eigenvalue weighted by atomic mass is 32.2. The van der Waals surface area contributed by atoms with Gasteiger partial charge in [-0.25, -0.2) is 13.6 Å². The van der Waals surface area contributed by atoms with Gasteiger partial charge in [0.25, 0.3) is 0 Å². The van der Waals surface area contributed by atoms with Gasteiger partial charge in [0, 0.05) is 11.8 Å². The van der Waals surface area contributed by atoms with Crippen molar-refractivity contribution in [3.63, 3.8) is 0 Å². The lowest BCUT2D eigenvalue weighted by atomic mass is 10.3. The molecule has 0 aromatic carbocycles. The van der Waals surface area contributed by atoms with Crippen molar-refractivity contribution in [3.8, 4) is 0 Å². The van der Waals surface area contributed by atoms with Crippen LogP contribution >= 0.6 is 12.6 Å². The minimum absolute atomic E-state index is 0.0608. The third-order valence-electron chi connectivity index (χ3n) is 1.01. The lowest BCUT2D eigenvalue weighted by Gasteiger charge is -2.04. The second-order valence-corrected chi connectivity index (χ2v) is 4.20. The zero-order valence-corrected chi connectivity index (χ0v) is 7.24. The van der Waals surface area contributed by atoms with Crippen molar-refractivity contribution in [2.24, 2.45) is 10.9 Å². The Bertz CT molecular complexity index is 178. The summed E-state index contributed by atoms with van der Waals surface area (Å²) in [5.74, 6) is 0.421. The summed E-state index contributed by atoms with van der Waals surface area (Å²) in [5.41, 5.74) is 5.38. The van der Waals surface area contributed by atoms with E-state index in [-0.39, 0.29) is 11.8 Å². The van der Waals surface area contributed by atoms with Gasteiger partial charge in [0.2, 0.25) is 10.0 Å². The largest absolute Gasteiger partial charge is 0.327 e. The summed E-state index contributed by atoms with van der Waals surface area (Å²) in [6, 6.07) is -0.179. The van der Waals surface area contributed by atoms with E-state index in [0.29, 0.717) is 12.2 Å². The fraction of sp³-hybridized carbons (Fsp3) is 1.00. The molecule has 0 aromatic heterocycles. The molecule has 0 rings (SSSR count). The van der Waals surface area contributed by atoms with Crippen LogP contribution in [0.3, 0.4) is 0 Å². The number of hydrogen-bond donors (Lipinski definition) is 3. The Balaban J connectivity index is 3.56. The molecular weight excluding hydrogens is 172 g/mol. The third-order valence-corrected chi connectivity index (χ3v) is 2.28.